The molecule has 0 aromatic heterocycles. The minimum Gasteiger partial charge on any atom is -0.456 e. The zero-order valence-corrected chi connectivity index (χ0v) is 12.9. The van der Waals surface area contributed by atoms with E-state index in [1.54, 1.807) is 19.1 Å². The highest BCUT2D eigenvalue weighted by atomic mass is 16.6. The van der Waals surface area contributed by atoms with Gasteiger partial charge in [0.15, 0.2) is 0 Å². The molecule has 4 rings (SSSR count). The molecule has 2 heterocycles. The van der Waals surface area contributed by atoms with E-state index < -0.39 is 22.7 Å². The van der Waals surface area contributed by atoms with Crippen molar-refractivity contribution in [1.82, 2.24) is 0 Å². The van der Waals surface area contributed by atoms with Gasteiger partial charge in [0.1, 0.15) is 12.4 Å². The van der Waals surface area contributed by atoms with Crippen molar-refractivity contribution in [3.63, 3.8) is 0 Å². The van der Waals surface area contributed by atoms with Gasteiger partial charge >= 0.3 is 5.97 Å². The number of ether oxygens (including phenoxy) is 1. The Hall–Kier alpha value is -2.83. The maximum atomic E-state index is 12.4. The lowest BCUT2D eigenvalue weighted by atomic mass is 9.76. The fourth-order valence-electron chi connectivity index (χ4n) is 3.77. The highest BCUT2D eigenvalue weighted by Crippen LogP contribution is 2.46. The molecule has 0 N–H and O–H groups in total. The summed E-state index contributed by atoms with van der Waals surface area (Å²) in [5, 5.41) is 11.3. The Morgan fingerprint density at radius 3 is 2.79 bits per heavy atom. The quantitative estimate of drug-likeness (QED) is 0.471. The zero-order valence-electron chi connectivity index (χ0n) is 12.9. The zero-order chi connectivity index (χ0) is 17.0. The lowest BCUT2D eigenvalue weighted by molar-refractivity contribution is -0.385. The van der Waals surface area contributed by atoms with E-state index in [2.05, 4.69) is 4.99 Å². The summed E-state index contributed by atoms with van der Waals surface area (Å²) in [4.78, 5) is 39.8. The molecule has 3 aliphatic rings. The lowest BCUT2D eigenvalue weighted by Gasteiger charge is -2.27. The number of ketones is 1. The van der Waals surface area contributed by atoms with Crippen molar-refractivity contribution in [3.8, 4) is 0 Å². The van der Waals surface area contributed by atoms with Gasteiger partial charge in [-0.1, -0.05) is 12.1 Å². The summed E-state index contributed by atoms with van der Waals surface area (Å²) < 4.78 is 5.09. The van der Waals surface area contributed by atoms with Crippen LogP contribution in [-0.2, 0) is 14.3 Å². The number of nitrogens with zero attached hydrogens (tertiary/aromatic N) is 2. The molecule has 1 aromatic rings. The summed E-state index contributed by atoms with van der Waals surface area (Å²) >= 11 is 0. The Kier molecular flexibility index (Phi) is 3.13. The van der Waals surface area contributed by atoms with Crippen LogP contribution in [0.4, 0.5) is 5.69 Å². The topological polar surface area (TPSA) is 98.9 Å². The molecule has 7 nitrogen and oxygen atoms in total. The van der Waals surface area contributed by atoms with Gasteiger partial charge in [0, 0.05) is 29.7 Å². The molecule has 0 spiro atoms. The molecule has 122 valence electrons. The standard InChI is InChI=1S/C17H14N2O5/c1-8-2-3-9(6-12(8)19(22)23)14-15-10(4-5-13(15)20)18-11-7-24-17(21)16(11)14/h2-3,6,14-15H,4-5,7H2,1H3/t14-,15?/m0/s1. The largest absolute Gasteiger partial charge is 0.456 e. The Morgan fingerprint density at radius 2 is 2.04 bits per heavy atom. The summed E-state index contributed by atoms with van der Waals surface area (Å²) in [5.74, 6) is -1.53. The maximum Gasteiger partial charge on any atom is 0.337 e. The summed E-state index contributed by atoms with van der Waals surface area (Å²) in [7, 11) is 0. The Balaban J connectivity index is 1.90. The number of carbonyl (C=O) groups is 2. The third-order valence-electron chi connectivity index (χ3n) is 4.92. The number of hydrogen-bond acceptors (Lipinski definition) is 6. The molecule has 1 unspecified atom stereocenters. The fraction of sp³-hybridized carbons (Fsp3) is 0.353. The van der Waals surface area contributed by atoms with E-state index in [0.717, 1.165) is 5.71 Å². The predicted molar refractivity (Wildman–Crippen MR) is 83.7 cm³/mol. The number of Topliss-reactive ketones (excluding diaryl/α,β-unsaturated/α-hetero) is 1. The number of carbonyl (C=O) groups excluding carboxylic acids is 2. The van der Waals surface area contributed by atoms with Gasteiger partial charge in [-0.25, -0.2) is 4.79 Å². The first-order chi connectivity index (χ1) is 11.5. The fourth-order valence-corrected chi connectivity index (χ4v) is 3.77. The average Bonchev–Trinajstić information content (AvgIpc) is 3.10. The van der Waals surface area contributed by atoms with Crippen LogP contribution in [0.1, 0.15) is 29.9 Å². The molecular weight excluding hydrogens is 312 g/mol. The molecule has 1 fully saturated rings. The molecule has 0 amide bonds. The summed E-state index contributed by atoms with van der Waals surface area (Å²) in [5.41, 5.74) is 2.79. The molecule has 7 heteroatoms. The number of cyclic esters (lactones) is 1. The van der Waals surface area contributed by atoms with Crippen molar-refractivity contribution in [2.75, 3.05) is 6.61 Å². The van der Waals surface area contributed by atoms with E-state index in [0.29, 0.717) is 35.2 Å². The van der Waals surface area contributed by atoms with Crippen LogP contribution in [0.3, 0.4) is 0 Å². The van der Waals surface area contributed by atoms with Gasteiger partial charge in [0.25, 0.3) is 5.69 Å². The van der Waals surface area contributed by atoms with Crippen LogP contribution in [0.25, 0.3) is 0 Å². The minimum atomic E-state index is -0.545. The number of fused-ring (bicyclic) bond motifs is 1. The van der Waals surface area contributed by atoms with Crippen molar-refractivity contribution in [2.45, 2.75) is 25.7 Å². The summed E-state index contributed by atoms with van der Waals surface area (Å²) in [6.45, 7) is 1.76. The molecule has 2 atom stereocenters. The van der Waals surface area contributed by atoms with Gasteiger partial charge in [-0.3, -0.25) is 19.9 Å². The third kappa shape index (κ3) is 2.01. The number of rotatable bonds is 2. The number of nitro benzene ring substituents is 1. The average molecular weight is 326 g/mol. The summed E-state index contributed by atoms with van der Waals surface area (Å²) in [6, 6.07) is 4.86. The second-order valence-electron chi connectivity index (χ2n) is 6.26. The number of aryl methyl sites for hydroxylation is 1. The second-order valence-corrected chi connectivity index (χ2v) is 6.26. The highest BCUT2D eigenvalue weighted by Gasteiger charge is 2.48. The van der Waals surface area contributed by atoms with Gasteiger partial charge in [-0.2, -0.15) is 0 Å². The van der Waals surface area contributed by atoms with Crippen LogP contribution in [0.5, 0.6) is 0 Å². The smallest absolute Gasteiger partial charge is 0.337 e. The molecule has 1 aromatic carbocycles. The molecule has 24 heavy (non-hydrogen) atoms. The molecule has 0 bridgehead atoms. The van der Waals surface area contributed by atoms with Crippen LogP contribution in [-0.4, -0.2) is 29.0 Å². The molecule has 1 aliphatic carbocycles. The van der Waals surface area contributed by atoms with Crippen molar-refractivity contribution in [3.05, 3.63) is 50.7 Å². The van der Waals surface area contributed by atoms with Gasteiger partial charge in [-0.05, 0) is 18.9 Å². The van der Waals surface area contributed by atoms with E-state index in [4.69, 9.17) is 4.74 Å². The van der Waals surface area contributed by atoms with E-state index in [1.165, 1.54) is 6.07 Å². The highest BCUT2D eigenvalue weighted by molar-refractivity contribution is 6.15. The molecule has 1 saturated carbocycles. The van der Waals surface area contributed by atoms with Crippen molar-refractivity contribution < 1.29 is 19.2 Å². The molecule has 0 saturated heterocycles. The normalized spacial score (nSPS) is 25.3. The number of benzene rings is 1. The molecule has 2 aliphatic heterocycles. The third-order valence-corrected chi connectivity index (χ3v) is 4.92. The second kappa shape index (κ2) is 5.09. The first-order valence-corrected chi connectivity index (χ1v) is 7.72. The molecular formula is C17H14N2O5. The number of hydrogen-bond donors (Lipinski definition) is 0. The van der Waals surface area contributed by atoms with Crippen molar-refractivity contribution in [2.24, 2.45) is 10.9 Å². The van der Waals surface area contributed by atoms with E-state index in [1.807, 2.05) is 0 Å². The van der Waals surface area contributed by atoms with Crippen LogP contribution >= 0.6 is 0 Å². The predicted octanol–water partition coefficient (Wildman–Crippen LogP) is 2.23. The first-order valence-electron chi connectivity index (χ1n) is 7.72. The van der Waals surface area contributed by atoms with Gasteiger partial charge < -0.3 is 4.74 Å². The Labute approximate surface area is 137 Å². The van der Waals surface area contributed by atoms with Crippen molar-refractivity contribution in [1.29, 1.82) is 0 Å². The first kappa shape index (κ1) is 14.7. The van der Waals surface area contributed by atoms with Crippen LogP contribution in [0, 0.1) is 23.0 Å². The monoisotopic (exact) mass is 326 g/mol. The van der Waals surface area contributed by atoms with Crippen molar-refractivity contribution >= 4 is 23.2 Å². The van der Waals surface area contributed by atoms with E-state index in [9.17, 15) is 19.7 Å². The number of esters is 1. The maximum absolute atomic E-state index is 12.4. The van der Waals surface area contributed by atoms with Gasteiger partial charge in [0.2, 0.25) is 0 Å². The Morgan fingerprint density at radius 1 is 1.25 bits per heavy atom. The number of aliphatic imine (C=N–C) groups is 1. The minimum absolute atomic E-state index is 0.0180. The van der Waals surface area contributed by atoms with Gasteiger partial charge in [-0.15, -0.1) is 0 Å². The van der Waals surface area contributed by atoms with E-state index >= 15 is 0 Å². The Bertz CT molecular complexity index is 868. The number of nitro groups is 1. The van der Waals surface area contributed by atoms with Crippen LogP contribution in [0.2, 0.25) is 0 Å². The van der Waals surface area contributed by atoms with Crippen LogP contribution < -0.4 is 0 Å². The van der Waals surface area contributed by atoms with Crippen LogP contribution in [0.15, 0.2) is 34.5 Å². The van der Waals surface area contributed by atoms with Gasteiger partial charge in [0.05, 0.1) is 22.1 Å². The van der Waals surface area contributed by atoms with E-state index in [-0.39, 0.29) is 18.1 Å². The molecule has 0 radical (unpaired) electrons. The SMILES string of the molecule is Cc1ccc([C@@H]2C3=C(COC3=O)N=C3CCC(=O)C32)cc1[N+](=O)[O-]. The lowest BCUT2D eigenvalue weighted by Crippen LogP contribution is -2.30. The summed E-state index contributed by atoms with van der Waals surface area (Å²) in [6.07, 6.45) is 0.961.